The molecule has 0 radical (unpaired) electrons. The first-order valence-corrected chi connectivity index (χ1v) is 6.12. The maximum Gasteiger partial charge on any atom is 0.0600 e. The van der Waals surface area contributed by atoms with Crippen molar-refractivity contribution in [2.45, 2.75) is 20.0 Å². The summed E-state index contributed by atoms with van der Waals surface area (Å²) in [6.07, 6.45) is 0. The van der Waals surface area contributed by atoms with Crippen molar-refractivity contribution < 1.29 is 0 Å². The van der Waals surface area contributed by atoms with E-state index >= 15 is 0 Å². The van der Waals surface area contributed by atoms with Crippen LogP contribution in [0.15, 0.2) is 42.5 Å². The van der Waals surface area contributed by atoms with Crippen LogP contribution in [-0.2, 0) is 13.1 Å². The number of nitrogens with two attached hydrogens (primary N) is 1. The quantitative estimate of drug-likeness (QED) is 0.894. The van der Waals surface area contributed by atoms with Crippen LogP contribution in [0.5, 0.6) is 0 Å². The zero-order chi connectivity index (χ0) is 13.0. The second-order valence-corrected chi connectivity index (χ2v) is 4.52. The second kappa shape index (κ2) is 5.65. The van der Waals surface area contributed by atoms with Crippen LogP contribution < -0.4 is 10.6 Å². The van der Waals surface area contributed by atoms with E-state index in [9.17, 15) is 0 Å². The van der Waals surface area contributed by atoms with Crippen molar-refractivity contribution >= 4 is 5.69 Å². The fourth-order valence-electron chi connectivity index (χ4n) is 1.86. The number of pyridine rings is 1. The molecule has 0 amide bonds. The Morgan fingerprint density at radius 1 is 1.06 bits per heavy atom. The zero-order valence-electron chi connectivity index (χ0n) is 10.9. The highest BCUT2D eigenvalue weighted by atomic mass is 15.1. The third-order valence-corrected chi connectivity index (χ3v) is 2.95. The summed E-state index contributed by atoms with van der Waals surface area (Å²) in [5.74, 6) is 0. The molecule has 0 bridgehead atoms. The van der Waals surface area contributed by atoms with Gasteiger partial charge in [0.2, 0.25) is 0 Å². The minimum atomic E-state index is 0.488. The molecule has 3 nitrogen and oxygen atoms in total. The monoisotopic (exact) mass is 241 g/mol. The van der Waals surface area contributed by atoms with Crippen molar-refractivity contribution in [3.63, 3.8) is 0 Å². The summed E-state index contributed by atoms with van der Waals surface area (Å²) in [5.41, 5.74) is 10.0. The SMILES string of the molecule is Cc1ccc(N(C)Cc2cccc(CN)n2)cc1. The lowest BCUT2D eigenvalue weighted by molar-refractivity contribution is 0.859. The lowest BCUT2D eigenvalue weighted by atomic mass is 10.2. The van der Waals surface area contributed by atoms with E-state index in [1.165, 1.54) is 11.3 Å². The first-order valence-electron chi connectivity index (χ1n) is 6.12. The molecular weight excluding hydrogens is 222 g/mol. The highest BCUT2D eigenvalue weighted by Gasteiger charge is 2.03. The van der Waals surface area contributed by atoms with Gasteiger partial charge in [-0.2, -0.15) is 0 Å². The van der Waals surface area contributed by atoms with Gasteiger partial charge >= 0.3 is 0 Å². The Morgan fingerprint density at radius 2 is 1.72 bits per heavy atom. The molecule has 18 heavy (non-hydrogen) atoms. The van der Waals surface area contributed by atoms with Crippen molar-refractivity contribution in [1.29, 1.82) is 0 Å². The lowest BCUT2D eigenvalue weighted by Crippen LogP contribution is -2.17. The Bertz CT molecular complexity index is 505. The largest absolute Gasteiger partial charge is 0.369 e. The Kier molecular flexibility index (Phi) is 3.95. The maximum atomic E-state index is 5.60. The average molecular weight is 241 g/mol. The number of aryl methyl sites for hydroxylation is 1. The van der Waals surface area contributed by atoms with Gasteiger partial charge in [0, 0.05) is 19.3 Å². The molecule has 1 aromatic heterocycles. The van der Waals surface area contributed by atoms with Crippen LogP contribution in [-0.4, -0.2) is 12.0 Å². The number of anilines is 1. The minimum absolute atomic E-state index is 0.488. The summed E-state index contributed by atoms with van der Waals surface area (Å²) in [4.78, 5) is 6.69. The summed E-state index contributed by atoms with van der Waals surface area (Å²) in [6, 6.07) is 14.5. The zero-order valence-corrected chi connectivity index (χ0v) is 10.9. The van der Waals surface area contributed by atoms with E-state index in [2.05, 4.69) is 48.1 Å². The van der Waals surface area contributed by atoms with Crippen molar-refractivity contribution in [2.75, 3.05) is 11.9 Å². The van der Waals surface area contributed by atoms with Crippen LogP contribution in [0.2, 0.25) is 0 Å². The van der Waals surface area contributed by atoms with Crippen molar-refractivity contribution in [2.24, 2.45) is 5.73 Å². The van der Waals surface area contributed by atoms with E-state index < -0.39 is 0 Å². The van der Waals surface area contributed by atoms with E-state index in [4.69, 9.17) is 5.73 Å². The number of rotatable bonds is 4. The molecule has 3 heteroatoms. The molecule has 94 valence electrons. The fourth-order valence-corrected chi connectivity index (χ4v) is 1.86. The van der Waals surface area contributed by atoms with Crippen LogP contribution >= 0.6 is 0 Å². The first kappa shape index (κ1) is 12.6. The lowest BCUT2D eigenvalue weighted by Gasteiger charge is -2.19. The third-order valence-electron chi connectivity index (χ3n) is 2.95. The summed E-state index contributed by atoms with van der Waals surface area (Å²) in [6.45, 7) is 3.37. The van der Waals surface area contributed by atoms with Gasteiger partial charge in [0.15, 0.2) is 0 Å². The number of benzene rings is 1. The Labute approximate surface area is 108 Å². The Balaban J connectivity index is 2.10. The van der Waals surface area contributed by atoms with E-state index in [0.29, 0.717) is 6.54 Å². The van der Waals surface area contributed by atoms with Crippen LogP contribution in [0.1, 0.15) is 17.0 Å². The van der Waals surface area contributed by atoms with Crippen molar-refractivity contribution in [3.8, 4) is 0 Å². The molecule has 0 saturated heterocycles. The Hall–Kier alpha value is -1.87. The molecule has 0 saturated carbocycles. The topological polar surface area (TPSA) is 42.1 Å². The molecule has 0 atom stereocenters. The van der Waals surface area contributed by atoms with Gasteiger partial charge < -0.3 is 10.6 Å². The molecule has 0 aliphatic carbocycles. The summed E-state index contributed by atoms with van der Waals surface area (Å²) in [5, 5.41) is 0. The number of hydrogen-bond acceptors (Lipinski definition) is 3. The van der Waals surface area contributed by atoms with Gasteiger partial charge in [-0.25, -0.2) is 0 Å². The molecule has 0 spiro atoms. The van der Waals surface area contributed by atoms with Gasteiger partial charge in [-0.1, -0.05) is 23.8 Å². The fraction of sp³-hybridized carbons (Fsp3) is 0.267. The molecule has 1 heterocycles. The summed E-state index contributed by atoms with van der Waals surface area (Å²) < 4.78 is 0. The average Bonchev–Trinajstić information content (AvgIpc) is 2.39. The van der Waals surface area contributed by atoms with E-state index in [1.807, 2.05) is 18.2 Å². The van der Waals surface area contributed by atoms with Crippen LogP contribution in [0, 0.1) is 6.92 Å². The van der Waals surface area contributed by atoms with Crippen molar-refractivity contribution in [3.05, 3.63) is 59.4 Å². The Morgan fingerprint density at radius 3 is 2.39 bits per heavy atom. The number of hydrogen-bond donors (Lipinski definition) is 1. The minimum Gasteiger partial charge on any atom is -0.369 e. The summed E-state index contributed by atoms with van der Waals surface area (Å²) >= 11 is 0. The van der Waals surface area contributed by atoms with E-state index in [-0.39, 0.29) is 0 Å². The van der Waals surface area contributed by atoms with Gasteiger partial charge in [0.1, 0.15) is 0 Å². The molecule has 2 N–H and O–H groups in total. The van der Waals surface area contributed by atoms with Gasteiger partial charge in [-0.15, -0.1) is 0 Å². The summed E-state index contributed by atoms with van der Waals surface area (Å²) in [7, 11) is 2.07. The normalized spacial score (nSPS) is 10.4. The molecule has 0 aliphatic rings. The van der Waals surface area contributed by atoms with Gasteiger partial charge in [0.05, 0.1) is 17.9 Å². The molecule has 2 rings (SSSR count). The highest BCUT2D eigenvalue weighted by Crippen LogP contribution is 2.15. The maximum absolute atomic E-state index is 5.60. The predicted molar refractivity (Wildman–Crippen MR) is 75.4 cm³/mol. The van der Waals surface area contributed by atoms with Crippen LogP contribution in [0.3, 0.4) is 0 Å². The molecule has 1 aromatic carbocycles. The third kappa shape index (κ3) is 3.08. The molecule has 0 unspecified atom stereocenters. The standard InChI is InChI=1S/C15H19N3/c1-12-6-8-15(9-7-12)18(2)11-14-5-3-4-13(10-16)17-14/h3-9H,10-11,16H2,1-2H3. The molecule has 0 fully saturated rings. The van der Waals surface area contributed by atoms with Gasteiger partial charge in [-0.05, 0) is 31.2 Å². The second-order valence-electron chi connectivity index (χ2n) is 4.52. The number of nitrogens with zero attached hydrogens (tertiary/aromatic N) is 2. The van der Waals surface area contributed by atoms with Crippen LogP contribution in [0.4, 0.5) is 5.69 Å². The highest BCUT2D eigenvalue weighted by molar-refractivity contribution is 5.46. The first-order chi connectivity index (χ1) is 8.69. The predicted octanol–water partition coefficient (Wildman–Crippen LogP) is 2.49. The van der Waals surface area contributed by atoms with Crippen molar-refractivity contribution in [1.82, 2.24) is 4.98 Å². The van der Waals surface area contributed by atoms with Gasteiger partial charge in [-0.3, -0.25) is 4.98 Å². The molecule has 0 aliphatic heterocycles. The van der Waals surface area contributed by atoms with Gasteiger partial charge in [0.25, 0.3) is 0 Å². The molecular formula is C15H19N3. The molecule has 2 aromatic rings. The van der Waals surface area contributed by atoms with E-state index in [1.54, 1.807) is 0 Å². The number of aromatic nitrogens is 1. The van der Waals surface area contributed by atoms with E-state index in [0.717, 1.165) is 17.9 Å². The smallest absolute Gasteiger partial charge is 0.0600 e. The van der Waals surface area contributed by atoms with Crippen LogP contribution in [0.25, 0.3) is 0 Å².